The van der Waals surface area contributed by atoms with Crippen molar-refractivity contribution in [3.63, 3.8) is 0 Å². The molecule has 1 heterocycles. The van der Waals surface area contributed by atoms with Crippen molar-refractivity contribution >= 4 is 6.03 Å². The molecule has 5 heteroatoms. The molecule has 0 unspecified atom stereocenters. The second kappa shape index (κ2) is 8.00. The maximum absolute atomic E-state index is 11.7. The topological polar surface area (TPSA) is 64.6 Å². The Hall–Kier alpha value is -1.59. The van der Waals surface area contributed by atoms with E-state index in [0.29, 0.717) is 0 Å². The van der Waals surface area contributed by atoms with Gasteiger partial charge in [0.1, 0.15) is 0 Å². The van der Waals surface area contributed by atoms with E-state index in [2.05, 4.69) is 39.8 Å². The molecule has 0 spiro atoms. The zero-order valence-electron chi connectivity index (χ0n) is 12.6. The zero-order valence-corrected chi connectivity index (χ0v) is 12.6. The SMILES string of the molecule is C[C@@H](O)CNC(=O)N[C@@H]1CCCN(Cc2ccccc2)C1. The number of urea groups is 1. The maximum atomic E-state index is 11.7. The first-order chi connectivity index (χ1) is 10.1. The van der Waals surface area contributed by atoms with Crippen LogP contribution in [0, 0.1) is 0 Å². The lowest BCUT2D eigenvalue weighted by atomic mass is 10.0. The molecule has 2 atom stereocenters. The number of carbonyl (C=O) groups is 1. The number of aliphatic hydroxyl groups excluding tert-OH is 1. The Kier molecular flexibility index (Phi) is 6.02. The molecule has 2 amide bonds. The Bertz CT molecular complexity index is 436. The number of aliphatic hydroxyl groups is 1. The summed E-state index contributed by atoms with van der Waals surface area (Å²) in [5.74, 6) is 0. The third-order valence-corrected chi connectivity index (χ3v) is 3.65. The molecule has 3 N–H and O–H groups in total. The number of benzene rings is 1. The van der Waals surface area contributed by atoms with Crippen molar-refractivity contribution in [2.45, 2.75) is 38.5 Å². The van der Waals surface area contributed by atoms with Gasteiger partial charge < -0.3 is 15.7 Å². The molecule has 0 radical (unpaired) electrons. The number of amides is 2. The van der Waals surface area contributed by atoms with Crippen LogP contribution in [0.2, 0.25) is 0 Å². The van der Waals surface area contributed by atoms with Crippen molar-refractivity contribution in [3.8, 4) is 0 Å². The first kappa shape index (κ1) is 15.8. The van der Waals surface area contributed by atoms with Crippen LogP contribution < -0.4 is 10.6 Å². The Morgan fingerprint density at radius 2 is 2.19 bits per heavy atom. The van der Waals surface area contributed by atoms with Crippen molar-refractivity contribution in [2.75, 3.05) is 19.6 Å². The highest BCUT2D eigenvalue weighted by molar-refractivity contribution is 5.74. The van der Waals surface area contributed by atoms with E-state index < -0.39 is 6.10 Å². The van der Waals surface area contributed by atoms with Crippen LogP contribution in [-0.4, -0.2) is 47.8 Å². The molecule has 5 nitrogen and oxygen atoms in total. The van der Waals surface area contributed by atoms with Crippen molar-refractivity contribution in [1.29, 1.82) is 0 Å². The van der Waals surface area contributed by atoms with Crippen molar-refractivity contribution in [3.05, 3.63) is 35.9 Å². The van der Waals surface area contributed by atoms with Crippen LogP contribution >= 0.6 is 0 Å². The average molecular weight is 291 g/mol. The first-order valence-corrected chi connectivity index (χ1v) is 7.62. The first-order valence-electron chi connectivity index (χ1n) is 7.62. The minimum atomic E-state index is -0.517. The number of likely N-dealkylation sites (tertiary alicyclic amines) is 1. The van der Waals surface area contributed by atoms with Crippen LogP contribution in [0.15, 0.2) is 30.3 Å². The third-order valence-electron chi connectivity index (χ3n) is 3.65. The van der Waals surface area contributed by atoms with E-state index in [1.807, 2.05) is 6.07 Å². The third kappa shape index (κ3) is 5.73. The highest BCUT2D eigenvalue weighted by atomic mass is 16.3. The minimum Gasteiger partial charge on any atom is -0.392 e. The molecule has 1 aromatic rings. The number of nitrogens with zero attached hydrogens (tertiary/aromatic N) is 1. The number of rotatable bonds is 5. The summed E-state index contributed by atoms with van der Waals surface area (Å²) in [6, 6.07) is 10.4. The highest BCUT2D eigenvalue weighted by Crippen LogP contribution is 2.13. The molecule has 116 valence electrons. The van der Waals surface area contributed by atoms with Gasteiger partial charge in [0.05, 0.1) is 6.10 Å². The van der Waals surface area contributed by atoms with Gasteiger partial charge in [0.15, 0.2) is 0 Å². The molecule has 0 bridgehead atoms. The normalized spacial score (nSPS) is 20.8. The van der Waals surface area contributed by atoms with Crippen molar-refractivity contribution < 1.29 is 9.90 Å². The van der Waals surface area contributed by atoms with Gasteiger partial charge in [-0.05, 0) is 31.9 Å². The summed E-state index contributed by atoms with van der Waals surface area (Å²) >= 11 is 0. The van der Waals surface area contributed by atoms with Gasteiger partial charge in [-0.25, -0.2) is 4.79 Å². The molecule has 1 saturated heterocycles. The maximum Gasteiger partial charge on any atom is 0.315 e. The fourth-order valence-electron chi connectivity index (χ4n) is 2.64. The Morgan fingerprint density at radius 1 is 1.43 bits per heavy atom. The molecule has 2 rings (SSSR count). The molecule has 1 aliphatic rings. The van der Waals surface area contributed by atoms with Gasteiger partial charge in [-0.1, -0.05) is 30.3 Å². The fraction of sp³-hybridized carbons (Fsp3) is 0.562. The quantitative estimate of drug-likeness (QED) is 0.767. The second-order valence-corrected chi connectivity index (χ2v) is 5.76. The lowest BCUT2D eigenvalue weighted by Gasteiger charge is -2.33. The summed E-state index contributed by atoms with van der Waals surface area (Å²) in [4.78, 5) is 14.1. The molecule has 1 fully saturated rings. The summed E-state index contributed by atoms with van der Waals surface area (Å²) < 4.78 is 0. The standard InChI is InChI=1S/C16H25N3O2/c1-13(20)10-17-16(21)18-15-8-5-9-19(12-15)11-14-6-3-2-4-7-14/h2-4,6-7,13,15,20H,5,8-12H2,1H3,(H2,17,18,21)/t13-,15-/m1/s1. The Labute approximate surface area is 126 Å². The van der Waals surface area contributed by atoms with Crippen LogP contribution in [0.5, 0.6) is 0 Å². The summed E-state index contributed by atoms with van der Waals surface area (Å²) in [6.45, 7) is 4.81. The van der Waals surface area contributed by atoms with E-state index in [-0.39, 0.29) is 18.6 Å². The van der Waals surface area contributed by atoms with E-state index in [9.17, 15) is 4.79 Å². The van der Waals surface area contributed by atoms with Crippen LogP contribution in [0.1, 0.15) is 25.3 Å². The Balaban J connectivity index is 1.76. The highest BCUT2D eigenvalue weighted by Gasteiger charge is 2.21. The molecule has 1 aromatic carbocycles. The molecular weight excluding hydrogens is 266 g/mol. The lowest BCUT2D eigenvalue weighted by Crippen LogP contribution is -2.51. The van der Waals surface area contributed by atoms with Crippen LogP contribution in [0.4, 0.5) is 4.79 Å². The number of piperidine rings is 1. The van der Waals surface area contributed by atoms with E-state index in [4.69, 9.17) is 5.11 Å². The van der Waals surface area contributed by atoms with E-state index in [1.54, 1.807) is 6.92 Å². The molecule has 21 heavy (non-hydrogen) atoms. The summed E-state index contributed by atoms with van der Waals surface area (Å²) in [5.41, 5.74) is 1.30. The lowest BCUT2D eigenvalue weighted by molar-refractivity contribution is 0.172. The molecule has 0 saturated carbocycles. The molecule has 0 aliphatic carbocycles. The van der Waals surface area contributed by atoms with E-state index in [1.165, 1.54) is 5.56 Å². The number of nitrogens with one attached hydrogen (secondary N) is 2. The van der Waals surface area contributed by atoms with Crippen LogP contribution in [0.25, 0.3) is 0 Å². The summed E-state index contributed by atoms with van der Waals surface area (Å²) in [7, 11) is 0. The monoisotopic (exact) mass is 291 g/mol. The fourth-order valence-corrected chi connectivity index (χ4v) is 2.64. The van der Waals surface area contributed by atoms with E-state index in [0.717, 1.165) is 32.5 Å². The number of carbonyl (C=O) groups excluding carboxylic acids is 1. The van der Waals surface area contributed by atoms with Crippen LogP contribution in [0.3, 0.4) is 0 Å². The van der Waals surface area contributed by atoms with Crippen LogP contribution in [-0.2, 0) is 6.54 Å². The van der Waals surface area contributed by atoms with Crippen molar-refractivity contribution in [2.24, 2.45) is 0 Å². The number of hydrogen-bond donors (Lipinski definition) is 3. The summed E-state index contributed by atoms with van der Waals surface area (Å²) in [5, 5.41) is 14.8. The Morgan fingerprint density at radius 3 is 2.90 bits per heavy atom. The number of hydrogen-bond acceptors (Lipinski definition) is 3. The van der Waals surface area contributed by atoms with Crippen molar-refractivity contribution in [1.82, 2.24) is 15.5 Å². The minimum absolute atomic E-state index is 0.177. The van der Waals surface area contributed by atoms with Gasteiger partial charge in [0.25, 0.3) is 0 Å². The van der Waals surface area contributed by atoms with Gasteiger partial charge in [0, 0.05) is 25.7 Å². The molecule has 1 aliphatic heterocycles. The predicted octanol–water partition coefficient (Wildman–Crippen LogP) is 1.33. The van der Waals surface area contributed by atoms with Gasteiger partial charge in [-0.2, -0.15) is 0 Å². The summed E-state index contributed by atoms with van der Waals surface area (Å²) in [6.07, 6.45) is 1.58. The smallest absolute Gasteiger partial charge is 0.315 e. The molecule has 0 aromatic heterocycles. The van der Waals surface area contributed by atoms with Gasteiger partial charge in [-0.3, -0.25) is 4.90 Å². The average Bonchev–Trinajstić information content (AvgIpc) is 2.46. The zero-order chi connectivity index (χ0) is 15.1. The second-order valence-electron chi connectivity index (χ2n) is 5.76. The van der Waals surface area contributed by atoms with Gasteiger partial charge >= 0.3 is 6.03 Å². The van der Waals surface area contributed by atoms with Gasteiger partial charge in [-0.15, -0.1) is 0 Å². The van der Waals surface area contributed by atoms with Gasteiger partial charge in [0.2, 0.25) is 0 Å². The van der Waals surface area contributed by atoms with E-state index >= 15 is 0 Å². The predicted molar refractivity (Wildman–Crippen MR) is 83.0 cm³/mol. The molecular formula is C16H25N3O2. The largest absolute Gasteiger partial charge is 0.392 e.